The molecule has 0 atom stereocenters. The number of furan rings is 1. The van der Waals surface area contributed by atoms with Crippen molar-refractivity contribution in [3.8, 4) is 11.5 Å². The van der Waals surface area contributed by atoms with E-state index in [0.29, 0.717) is 5.76 Å². The second-order valence-electron chi connectivity index (χ2n) is 6.15. The number of carbonyl (C=O) groups excluding carboxylic acids is 1. The summed E-state index contributed by atoms with van der Waals surface area (Å²) in [5, 5.41) is 2.52. The lowest BCUT2D eigenvalue weighted by Crippen LogP contribution is -2.13. The van der Waals surface area contributed by atoms with Crippen LogP contribution in [-0.4, -0.2) is 12.5 Å². The molecule has 1 heterocycles. The minimum Gasteiger partial charge on any atom is -0.485 e. The van der Waals surface area contributed by atoms with E-state index in [-0.39, 0.29) is 23.8 Å². The smallest absolute Gasteiger partial charge is 0.387 e. The second kappa shape index (κ2) is 8.56. The molecule has 7 heteroatoms. The zero-order valence-corrected chi connectivity index (χ0v) is 15.4. The predicted octanol–water partition coefficient (Wildman–Crippen LogP) is 5.33. The molecule has 0 aliphatic rings. The number of rotatable bonds is 7. The van der Waals surface area contributed by atoms with Gasteiger partial charge >= 0.3 is 6.61 Å². The molecule has 1 N–H and O–H groups in total. The number of hydrogen-bond donors (Lipinski definition) is 1. The Morgan fingerprint density at radius 2 is 1.86 bits per heavy atom. The van der Waals surface area contributed by atoms with Crippen LogP contribution in [0.3, 0.4) is 0 Å². The summed E-state index contributed by atoms with van der Waals surface area (Å²) in [5.74, 6) is 0.523. The molecule has 0 unspecified atom stereocenters. The van der Waals surface area contributed by atoms with Gasteiger partial charge < -0.3 is 19.2 Å². The number of benzene rings is 2. The van der Waals surface area contributed by atoms with Gasteiger partial charge in [-0.2, -0.15) is 8.78 Å². The molecule has 0 aliphatic carbocycles. The molecule has 3 rings (SSSR count). The highest BCUT2D eigenvalue weighted by molar-refractivity contribution is 6.03. The van der Waals surface area contributed by atoms with E-state index in [0.717, 1.165) is 16.9 Å². The molecule has 146 valence electrons. The van der Waals surface area contributed by atoms with Crippen LogP contribution in [0.5, 0.6) is 11.5 Å². The third-order valence-electron chi connectivity index (χ3n) is 3.95. The third kappa shape index (κ3) is 4.88. The van der Waals surface area contributed by atoms with Gasteiger partial charge in [-0.05, 0) is 55.3 Å². The lowest BCUT2D eigenvalue weighted by atomic mass is 10.2. The van der Waals surface area contributed by atoms with Gasteiger partial charge in [-0.15, -0.1) is 0 Å². The minimum absolute atomic E-state index is 0.0342. The number of ether oxygens (including phenoxy) is 2. The van der Waals surface area contributed by atoms with Crippen LogP contribution in [0.2, 0.25) is 0 Å². The minimum atomic E-state index is -2.99. The van der Waals surface area contributed by atoms with Crippen LogP contribution in [0.1, 0.15) is 27.4 Å². The Morgan fingerprint density at radius 1 is 1.07 bits per heavy atom. The molecule has 0 spiro atoms. The van der Waals surface area contributed by atoms with Crippen LogP contribution < -0.4 is 14.8 Å². The number of hydrogen-bond acceptors (Lipinski definition) is 4. The normalized spacial score (nSPS) is 10.8. The zero-order chi connectivity index (χ0) is 20.1. The van der Waals surface area contributed by atoms with Crippen molar-refractivity contribution in [1.82, 2.24) is 0 Å². The first-order chi connectivity index (χ1) is 13.4. The fraction of sp³-hybridized carbons (Fsp3) is 0.190. The number of aryl methyl sites for hydroxylation is 2. The Bertz CT molecular complexity index is 969. The van der Waals surface area contributed by atoms with Crippen molar-refractivity contribution in [3.63, 3.8) is 0 Å². The summed E-state index contributed by atoms with van der Waals surface area (Å²) in [5.41, 5.74) is 1.84. The topological polar surface area (TPSA) is 60.7 Å². The van der Waals surface area contributed by atoms with E-state index in [9.17, 15) is 13.6 Å². The summed E-state index contributed by atoms with van der Waals surface area (Å²) in [7, 11) is 0. The first-order valence-electron chi connectivity index (χ1n) is 8.56. The number of halogens is 2. The molecule has 2 aromatic carbocycles. The molecule has 0 saturated carbocycles. The second-order valence-corrected chi connectivity index (χ2v) is 6.15. The summed E-state index contributed by atoms with van der Waals surface area (Å²) in [6.45, 7) is 0.822. The third-order valence-corrected chi connectivity index (χ3v) is 3.95. The van der Waals surface area contributed by atoms with Gasteiger partial charge in [0.2, 0.25) is 0 Å². The van der Waals surface area contributed by atoms with Gasteiger partial charge in [0, 0.05) is 0 Å². The van der Waals surface area contributed by atoms with Gasteiger partial charge in [-0.25, -0.2) is 0 Å². The van der Waals surface area contributed by atoms with E-state index in [1.807, 2.05) is 31.2 Å². The van der Waals surface area contributed by atoms with Gasteiger partial charge in [0.15, 0.2) is 5.76 Å². The molecule has 5 nitrogen and oxygen atoms in total. The van der Waals surface area contributed by atoms with E-state index in [4.69, 9.17) is 9.15 Å². The van der Waals surface area contributed by atoms with Crippen LogP contribution in [0.25, 0.3) is 0 Å². The van der Waals surface area contributed by atoms with Crippen molar-refractivity contribution < 1.29 is 27.5 Å². The summed E-state index contributed by atoms with van der Waals surface area (Å²) in [6.07, 6.45) is 0. The van der Waals surface area contributed by atoms with Crippen LogP contribution in [-0.2, 0) is 6.61 Å². The van der Waals surface area contributed by atoms with Gasteiger partial charge in [-0.3, -0.25) is 4.79 Å². The Morgan fingerprint density at radius 3 is 2.61 bits per heavy atom. The lowest BCUT2D eigenvalue weighted by molar-refractivity contribution is -0.0494. The molecule has 1 aromatic heterocycles. The molecule has 0 radical (unpaired) electrons. The molecular weight excluding hydrogens is 368 g/mol. The van der Waals surface area contributed by atoms with Crippen molar-refractivity contribution in [1.29, 1.82) is 0 Å². The highest BCUT2D eigenvalue weighted by Crippen LogP contribution is 2.28. The fourth-order valence-corrected chi connectivity index (χ4v) is 2.55. The molecule has 28 heavy (non-hydrogen) atoms. The SMILES string of the molecule is Cc1ccc(NC(=O)c2ccc(COc3ccccc3C)o2)c(OC(F)F)c1. The van der Waals surface area contributed by atoms with Crippen LogP contribution in [0, 0.1) is 13.8 Å². The van der Waals surface area contributed by atoms with Crippen molar-refractivity contribution in [3.05, 3.63) is 77.2 Å². The van der Waals surface area contributed by atoms with Gasteiger partial charge in [0.05, 0.1) is 5.69 Å². The fourth-order valence-electron chi connectivity index (χ4n) is 2.55. The van der Waals surface area contributed by atoms with Crippen molar-refractivity contribution >= 4 is 11.6 Å². The van der Waals surface area contributed by atoms with Gasteiger partial charge in [0.25, 0.3) is 5.91 Å². The summed E-state index contributed by atoms with van der Waals surface area (Å²) < 4.78 is 40.8. The van der Waals surface area contributed by atoms with E-state index < -0.39 is 12.5 Å². The van der Waals surface area contributed by atoms with Gasteiger partial charge in [-0.1, -0.05) is 24.3 Å². The Hall–Kier alpha value is -3.35. The largest absolute Gasteiger partial charge is 0.485 e. The first-order valence-corrected chi connectivity index (χ1v) is 8.56. The molecule has 1 amide bonds. The monoisotopic (exact) mass is 387 g/mol. The van der Waals surface area contributed by atoms with Gasteiger partial charge in [0.1, 0.15) is 23.9 Å². The predicted molar refractivity (Wildman–Crippen MR) is 100.0 cm³/mol. The van der Waals surface area contributed by atoms with Crippen molar-refractivity contribution in [2.45, 2.75) is 27.1 Å². The average molecular weight is 387 g/mol. The Labute approximate surface area is 160 Å². The summed E-state index contributed by atoms with van der Waals surface area (Å²) in [4.78, 5) is 12.4. The molecule has 3 aromatic rings. The standard InChI is InChI=1S/C21H19F2NO4/c1-13-7-9-16(19(11-13)28-21(22)23)24-20(25)18-10-8-15(27-18)12-26-17-6-4-3-5-14(17)2/h3-11,21H,12H2,1-2H3,(H,24,25). The quantitative estimate of drug-likeness (QED) is 0.595. The van der Waals surface area contributed by atoms with Crippen molar-refractivity contribution in [2.24, 2.45) is 0 Å². The molecule has 0 aliphatic heterocycles. The van der Waals surface area contributed by atoms with E-state index in [1.165, 1.54) is 18.2 Å². The average Bonchev–Trinajstić information content (AvgIpc) is 3.12. The van der Waals surface area contributed by atoms with E-state index in [1.54, 1.807) is 19.1 Å². The maximum absolute atomic E-state index is 12.6. The lowest BCUT2D eigenvalue weighted by Gasteiger charge is -2.12. The highest BCUT2D eigenvalue weighted by Gasteiger charge is 2.16. The Kier molecular flexibility index (Phi) is 5.93. The zero-order valence-electron chi connectivity index (χ0n) is 15.4. The summed E-state index contributed by atoms with van der Waals surface area (Å²) >= 11 is 0. The van der Waals surface area contributed by atoms with Crippen molar-refractivity contribution in [2.75, 3.05) is 5.32 Å². The Balaban J connectivity index is 1.67. The van der Waals surface area contributed by atoms with E-state index in [2.05, 4.69) is 10.1 Å². The molecule has 0 bridgehead atoms. The number of carbonyl (C=O) groups is 1. The van der Waals surface area contributed by atoms with E-state index >= 15 is 0 Å². The van der Waals surface area contributed by atoms with Crippen LogP contribution in [0.15, 0.2) is 59.0 Å². The molecular formula is C21H19F2NO4. The number of nitrogens with one attached hydrogen (secondary N) is 1. The number of alkyl halides is 2. The molecule has 0 fully saturated rings. The number of anilines is 1. The maximum Gasteiger partial charge on any atom is 0.387 e. The maximum atomic E-state index is 12.6. The van der Waals surface area contributed by atoms with Crippen LogP contribution in [0.4, 0.5) is 14.5 Å². The molecule has 0 saturated heterocycles. The number of para-hydroxylation sites is 1. The highest BCUT2D eigenvalue weighted by atomic mass is 19.3. The summed E-state index contributed by atoms with van der Waals surface area (Å²) in [6, 6.07) is 15.3. The number of amides is 1. The van der Waals surface area contributed by atoms with Crippen LogP contribution >= 0.6 is 0 Å². The first kappa shape index (κ1) is 19.4.